The molecule has 0 saturated carbocycles. The van der Waals surface area contributed by atoms with E-state index in [9.17, 15) is 40.5 Å². The van der Waals surface area contributed by atoms with E-state index in [0.29, 0.717) is 0 Å². The van der Waals surface area contributed by atoms with Gasteiger partial charge in [-0.05, 0) is 24.3 Å². The van der Waals surface area contributed by atoms with Crippen molar-refractivity contribution in [3.63, 3.8) is 0 Å². The first-order valence-electron chi connectivity index (χ1n) is 9.27. The summed E-state index contributed by atoms with van der Waals surface area (Å²) in [7, 11) is 1.32. The molecule has 0 bridgehead atoms. The van der Waals surface area contributed by atoms with Crippen LogP contribution in [0.3, 0.4) is 0 Å². The fraction of sp³-hybridized carbons (Fsp3) is 0.350. The molecule has 2 aromatic carbocycles. The first-order chi connectivity index (χ1) is 15.1. The SMILES string of the molecule is COc1cc(O[C@H]2O[C@@H](COC(=O)c3cc(O)c(O)c(O)c3)[C@H](O)[C@@H](O)[C@@H]2O)ccc1O. The maximum atomic E-state index is 12.2. The molecule has 1 aliphatic heterocycles. The van der Waals surface area contributed by atoms with Crippen molar-refractivity contribution < 1.29 is 59.5 Å². The average molecular weight is 454 g/mol. The molecule has 1 fully saturated rings. The normalized spacial score (nSPS) is 25.2. The van der Waals surface area contributed by atoms with Gasteiger partial charge in [0.15, 0.2) is 28.7 Å². The number of rotatable bonds is 6. The number of aliphatic hydroxyl groups excluding tert-OH is 3. The number of aromatic hydroxyl groups is 4. The first-order valence-corrected chi connectivity index (χ1v) is 9.27. The van der Waals surface area contributed by atoms with E-state index >= 15 is 0 Å². The van der Waals surface area contributed by atoms with Crippen LogP contribution >= 0.6 is 0 Å². The number of carbonyl (C=O) groups is 1. The minimum atomic E-state index is -1.71. The minimum Gasteiger partial charge on any atom is -0.504 e. The summed E-state index contributed by atoms with van der Waals surface area (Å²) < 4.78 is 20.9. The highest BCUT2D eigenvalue weighted by molar-refractivity contribution is 5.91. The number of hydrogen-bond acceptors (Lipinski definition) is 12. The van der Waals surface area contributed by atoms with Crippen LogP contribution in [0.15, 0.2) is 30.3 Å². The molecule has 3 rings (SSSR count). The molecule has 2 aromatic rings. The third kappa shape index (κ3) is 4.73. The van der Waals surface area contributed by atoms with Crippen LogP contribution in [0.1, 0.15) is 10.4 Å². The van der Waals surface area contributed by atoms with E-state index in [2.05, 4.69) is 0 Å². The van der Waals surface area contributed by atoms with Crippen LogP contribution in [0.25, 0.3) is 0 Å². The second-order valence-electron chi connectivity index (χ2n) is 6.93. The van der Waals surface area contributed by atoms with Crippen molar-refractivity contribution >= 4 is 5.97 Å². The van der Waals surface area contributed by atoms with Crippen LogP contribution in [0.5, 0.6) is 34.5 Å². The summed E-state index contributed by atoms with van der Waals surface area (Å²) in [6.07, 6.45) is -7.82. The number of phenols is 4. The zero-order chi connectivity index (χ0) is 23.6. The molecular formula is C20H22O12. The van der Waals surface area contributed by atoms with Crippen LogP contribution in [0, 0.1) is 0 Å². The second kappa shape index (κ2) is 9.36. The number of carbonyl (C=O) groups excluding carboxylic acids is 1. The molecule has 174 valence electrons. The summed E-state index contributed by atoms with van der Waals surface area (Å²) in [4.78, 5) is 12.2. The molecule has 12 nitrogen and oxygen atoms in total. The Bertz CT molecular complexity index is 954. The maximum Gasteiger partial charge on any atom is 0.338 e. The number of benzene rings is 2. The molecular weight excluding hydrogens is 432 g/mol. The van der Waals surface area contributed by atoms with Gasteiger partial charge in [-0.1, -0.05) is 0 Å². The van der Waals surface area contributed by atoms with E-state index < -0.39 is 60.5 Å². The Kier molecular flexibility index (Phi) is 6.79. The second-order valence-corrected chi connectivity index (χ2v) is 6.93. The Balaban J connectivity index is 1.69. The van der Waals surface area contributed by atoms with Crippen LogP contribution in [0.4, 0.5) is 0 Å². The third-order valence-corrected chi connectivity index (χ3v) is 4.76. The van der Waals surface area contributed by atoms with Gasteiger partial charge in [0.05, 0.1) is 12.7 Å². The minimum absolute atomic E-state index is 0.0827. The summed E-state index contributed by atoms with van der Waals surface area (Å²) in [5.74, 6) is -3.30. The van der Waals surface area contributed by atoms with Gasteiger partial charge in [-0.3, -0.25) is 0 Å². The molecule has 1 saturated heterocycles. The lowest BCUT2D eigenvalue weighted by molar-refractivity contribution is -0.277. The Morgan fingerprint density at radius 1 is 0.938 bits per heavy atom. The number of hydrogen-bond donors (Lipinski definition) is 7. The topological polar surface area (TPSA) is 196 Å². The fourth-order valence-corrected chi connectivity index (χ4v) is 2.98. The van der Waals surface area contributed by atoms with Crippen LogP contribution in [0.2, 0.25) is 0 Å². The molecule has 1 heterocycles. The van der Waals surface area contributed by atoms with Gasteiger partial charge in [-0.2, -0.15) is 0 Å². The summed E-state index contributed by atoms with van der Waals surface area (Å²) in [5, 5.41) is 68.5. The van der Waals surface area contributed by atoms with Gasteiger partial charge < -0.3 is 54.7 Å². The Labute approximate surface area is 181 Å². The monoisotopic (exact) mass is 454 g/mol. The molecule has 32 heavy (non-hydrogen) atoms. The molecule has 0 spiro atoms. The third-order valence-electron chi connectivity index (χ3n) is 4.76. The first kappa shape index (κ1) is 23.2. The molecule has 0 aliphatic carbocycles. The highest BCUT2D eigenvalue weighted by Gasteiger charge is 2.45. The lowest BCUT2D eigenvalue weighted by Crippen LogP contribution is -2.60. The summed E-state index contributed by atoms with van der Waals surface area (Å²) >= 11 is 0. The van der Waals surface area contributed by atoms with Gasteiger partial charge in [-0.25, -0.2) is 4.79 Å². The van der Waals surface area contributed by atoms with E-state index in [0.717, 1.165) is 12.1 Å². The Morgan fingerprint density at radius 2 is 1.59 bits per heavy atom. The van der Waals surface area contributed by atoms with Crippen LogP contribution < -0.4 is 9.47 Å². The average Bonchev–Trinajstić information content (AvgIpc) is 2.77. The van der Waals surface area contributed by atoms with Gasteiger partial charge in [-0.15, -0.1) is 0 Å². The van der Waals surface area contributed by atoms with Gasteiger partial charge in [0, 0.05) is 6.07 Å². The van der Waals surface area contributed by atoms with Crippen molar-refractivity contribution in [2.45, 2.75) is 30.7 Å². The Hall–Kier alpha value is -3.45. The molecule has 1 aliphatic rings. The van der Waals surface area contributed by atoms with Gasteiger partial charge >= 0.3 is 5.97 Å². The molecule has 0 amide bonds. The lowest BCUT2D eigenvalue weighted by Gasteiger charge is -2.39. The zero-order valence-electron chi connectivity index (χ0n) is 16.7. The van der Waals surface area contributed by atoms with Gasteiger partial charge in [0.2, 0.25) is 6.29 Å². The zero-order valence-corrected chi connectivity index (χ0v) is 16.7. The summed E-state index contributed by atoms with van der Waals surface area (Å²) in [5.41, 5.74) is -0.298. The predicted octanol–water partition coefficient (Wildman–Crippen LogP) is -0.439. The molecule has 5 atom stereocenters. The summed E-state index contributed by atoms with van der Waals surface area (Å²) in [6, 6.07) is 5.65. The quantitative estimate of drug-likeness (QED) is 0.220. The standard InChI is InChI=1S/C20H22O12/c1-29-13-6-9(2-3-10(13)21)31-20-18(27)17(26)16(25)14(32-20)7-30-19(28)8-4-11(22)15(24)12(23)5-8/h2-6,14,16-18,20-27H,7H2,1H3/t14-,16-,17+,18-,20-/m0/s1. The number of aliphatic hydroxyl groups is 3. The number of esters is 1. The van der Waals surface area contributed by atoms with Crippen molar-refractivity contribution in [3.8, 4) is 34.5 Å². The number of phenolic OH excluding ortho intramolecular Hbond substituents is 4. The van der Waals surface area contributed by atoms with Crippen molar-refractivity contribution in [3.05, 3.63) is 35.9 Å². The maximum absolute atomic E-state index is 12.2. The molecule has 7 N–H and O–H groups in total. The molecule has 0 radical (unpaired) electrons. The predicted molar refractivity (Wildman–Crippen MR) is 104 cm³/mol. The number of methoxy groups -OCH3 is 1. The Morgan fingerprint density at radius 3 is 2.22 bits per heavy atom. The van der Waals surface area contributed by atoms with E-state index in [1.165, 1.54) is 25.3 Å². The highest BCUT2D eigenvalue weighted by atomic mass is 16.7. The van der Waals surface area contributed by atoms with Crippen molar-refractivity contribution in [1.29, 1.82) is 0 Å². The smallest absolute Gasteiger partial charge is 0.338 e. The molecule has 0 unspecified atom stereocenters. The molecule has 12 heteroatoms. The van der Waals surface area contributed by atoms with E-state index in [1.54, 1.807) is 0 Å². The highest BCUT2D eigenvalue weighted by Crippen LogP contribution is 2.36. The van der Waals surface area contributed by atoms with Crippen molar-refractivity contribution in [2.75, 3.05) is 13.7 Å². The van der Waals surface area contributed by atoms with E-state index in [-0.39, 0.29) is 22.8 Å². The van der Waals surface area contributed by atoms with E-state index in [4.69, 9.17) is 18.9 Å². The van der Waals surface area contributed by atoms with Crippen LogP contribution in [-0.2, 0) is 9.47 Å². The molecule has 0 aromatic heterocycles. The lowest BCUT2D eigenvalue weighted by atomic mass is 9.99. The largest absolute Gasteiger partial charge is 0.504 e. The van der Waals surface area contributed by atoms with Gasteiger partial charge in [0.1, 0.15) is 36.8 Å². The number of ether oxygens (including phenoxy) is 4. The summed E-state index contributed by atoms with van der Waals surface area (Å²) in [6.45, 7) is -0.592. The van der Waals surface area contributed by atoms with Crippen molar-refractivity contribution in [1.82, 2.24) is 0 Å². The van der Waals surface area contributed by atoms with Gasteiger partial charge in [0.25, 0.3) is 0 Å². The van der Waals surface area contributed by atoms with E-state index in [1.807, 2.05) is 0 Å². The van der Waals surface area contributed by atoms with Crippen LogP contribution in [-0.4, -0.2) is 86.1 Å². The fourth-order valence-electron chi connectivity index (χ4n) is 2.98. The van der Waals surface area contributed by atoms with Crippen molar-refractivity contribution in [2.24, 2.45) is 0 Å².